The molecule has 3 aromatic rings. The standard InChI is InChI=1S/C20H26N4OS/c1-13(2)15-7-9-16(10-8-15)17(23-11-5-4-6-12-23)18-19(25)24-20(26-18)21-14(3)22-24/h7-10,13,17,25H,4-6,11-12H2,1-3H3/p+1/t17-/m0/s1. The summed E-state index contributed by atoms with van der Waals surface area (Å²) in [6, 6.07) is 9.08. The number of fused-ring (bicyclic) bond motifs is 1. The Morgan fingerprint density at radius 2 is 1.73 bits per heavy atom. The maximum Gasteiger partial charge on any atom is 0.235 e. The second kappa shape index (κ2) is 7.00. The molecule has 0 bridgehead atoms. The minimum Gasteiger partial charge on any atom is -0.492 e. The minimum absolute atomic E-state index is 0.144. The molecule has 0 spiro atoms. The maximum absolute atomic E-state index is 10.9. The van der Waals surface area contributed by atoms with E-state index in [4.69, 9.17) is 0 Å². The SMILES string of the molecule is Cc1nc2sc([C@H](c3ccc(C(C)C)cc3)[NH+]3CCCCC3)c(O)n2n1. The van der Waals surface area contributed by atoms with E-state index >= 15 is 0 Å². The lowest BCUT2D eigenvalue weighted by atomic mass is 9.96. The second-order valence-corrected chi connectivity index (χ2v) is 8.63. The number of nitrogens with one attached hydrogen (secondary N) is 1. The summed E-state index contributed by atoms with van der Waals surface area (Å²) in [6.45, 7) is 8.58. The van der Waals surface area contributed by atoms with E-state index in [0.717, 1.165) is 22.9 Å². The number of piperidine rings is 1. The molecular weight excluding hydrogens is 344 g/mol. The van der Waals surface area contributed by atoms with Crippen LogP contribution in [-0.2, 0) is 0 Å². The largest absolute Gasteiger partial charge is 0.492 e. The Balaban J connectivity index is 1.78. The molecular formula is C20H27N4OS+. The Kier molecular flexibility index (Phi) is 4.71. The first-order chi connectivity index (χ1) is 12.5. The fourth-order valence-electron chi connectivity index (χ4n) is 3.98. The summed E-state index contributed by atoms with van der Waals surface area (Å²) in [5.41, 5.74) is 2.62. The molecule has 5 nitrogen and oxygen atoms in total. The Morgan fingerprint density at radius 1 is 1.08 bits per heavy atom. The zero-order valence-electron chi connectivity index (χ0n) is 15.7. The van der Waals surface area contributed by atoms with Gasteiger partial charge in [0.15, 0.2) is 6.04 Å². The summed E-state index contributed by atoms with van der Waals surface area (Å²) in [6.07, 6.45) is 3.80. The van der Waals surface area contributed by atoms with Gasteiger partial charge >= 0.3 is 0 Å². The molecule has 1 atom stereocenters. The molecule has 138 valence electrons. The van der Waals surface area contributed by atoms with Gasteiger partial charge in [-0.2, -0.15) is 4.52 Å². The molecule has 1 fully saturated rings. The van der Waals surface area contributed by atoms with Gasteiger partial charge < -0.3 is 10.0 Å². The van der Waals surface area contributed by atoms with Gasteiger partial charge in [0, 0.05) is 5.56 Å². The summed E-state index contributed by atoms with van der Waals surface area (Å²) < 4.78 is 1.59. The first-order valence-corrected chi connectivity index (χ1v) is 10.4. The third-order valence-electron chi connectivity index (χ3n) is 5.41. The van der Waals surface area contributed by atoms with Crippen LogP contribution in [-0.4, -0.2) is 32.8 Å². The number of benzene rings is 1. The van der Waals surface area contributed by atoms with E-state index in [9.17, 15) is 5.11 Å². The van der Waals surface area contributed by atoms with Crippen LogP contribution in [0, 0.1) is 6.92 Å². The highest BCUT2D eigenvalue weighted by atomic mass is 32.1. The lowest BCUT2D eigenvalue weighted by Gasteiger charge is -2.31. The van der Waals surface area contributed by atoms with Crippen molar-refractivity contribution < 1.29 is 10.0 Å². The number of quaternary nitrogens is 1. The molecule has 0 saturated carbocycles. The number of aromatic hydroxyl groups is 1. The Hall–Kier alpha value is -1.92. The van der Waals surface area contributed by atoms with Crippen LogP contribution in [0.1, 0.15) is 66.9 Å². The van der Waals surface area contributed by atoms with Crippen LogP contribution < -0.4 is 4.90 Å². The summed E-state index contributed by atoms with van der Waals surface area (Å²) in [5, 5.41) is 15.2. The highest BCUT2D eigenvalue weighted by Gasteiger charge is 2.33. The Labute approximate surface area is 158 Å². The number of aromatic nitrogens is 3. The van der Waals surface area contributed by atoms with Crippen LogP contribution in [0.15, 0.2) is 24.3 Å². The molecule has 2 N–H and O–H groups in total. The second-order valence-electron chi connectivity index (χ2n) is 7.62. The summed E-state index contributed by atoms with van der Waals surface area (Å²) in [4.78, 5) is 7.74. The minimum atomic E-state index is 0.144. The molecule has 0 aliphatic carbocycles. The van der Waals surface area contributed by atoms with Crippen LogP contribution in [0.4, 0.5) is 0 Å². The average molecular weight is 372 g/mol. The normalized spacial score (nSPS) is 17.2. The molecule has 1 aliphatic rings. The lowest BCUT2D eigenvalue weighted by molar-refractivity contribution is -0.929. The summed E-state index contributed by atoms with van der Waals surface area (Å²) >= 11 is 1.57. The van der Waals surface area contributed by atoms with Gasteiger partial charge in [-0.05, 0) is 37.7 Å². The van der Waals surface area contributed by atoms with Gasteiger partial charge in [0.1, 0.15) is 10.7 Å². The fraction of sp³-hybridized carbons (Fsp3) is 0.500. The van der Waals surface area contributed by atoms with E-state index in [1.54, 1.807) is 15.9 Å². The zero-order valence-corrected chi connectivity index (χ0v) is 16.5. The predicted octanol–water partition coefficient (Wildman–Crippen LogP) is 3.09. The van der Waals surface area contributed by atoms with Crippen LogP contribution in [0.25, 0.3) is 4.96 Å². The Morgan fingerprint density at radius 3 is 2.35 bits per heavy atom. The van der Waals surface area contributed by atoms with E-state index in [1.165, 1.54) is 35.3 Å². The van der Waals surface area contributed by atoms with Crippen molar-refractivity contribution in [1.29, 1.82) is 0 Å². The van der Waals surface area contributed by atoms with Crippen LogP contribution in [0.3, 0.4) is 0 Å². The van der Waals surface area contributed by atoms with Gasteiger partial charge in [-0.1, -0.05) is 49.4 Å². The molecule has 6 heteroatoms. The zero-order chi connectivity index (χ0) is 18.3. The van der Waals surface area contributed by atoms with Crippen molar-refractivity contribution in [3.63, 3.8) is 0 Å². The first kappa shape index (κ1) is 17.5. The number of aryl methyl sites for hydroxylation is 1. The first-order valence-electron chi connectivity index (χ1n) is 9.54. The third-order valence-corrected chi connectivity index (χ3v) is 6.49. The quantitative estimate of drug-likeness (QED) is 0.741. The molecule has 2 aromatic heterocycles. The third kappa shape index (κ3) is 3.12. The molecule has 26 heavy (non-hydrogen) atoms. The molecule has 1 saturated heterocycles. The number of likely N-dealkylation sites (tertiary alicyclic amines) is 1. The molecule has 0 amide bonds. The summed E-state index contributed by atoms with van der Waals surface area (Å²) in [5.74, 6) is 1.47. The molecule has 0 unspecified atom stereocenters. The fourth-order valence-corrected chi connectivity index (χ4v) is 5.16. The van der Waals surface area contributed by atoms with Gasteiger partial charge in [0.2, 0.25) is 10.8 Å². The maximum atomic E-state index is 10.9. The van der Waals surface area contributed by atoms with Crippen molar-refractivity contribution in [3.8, 4) is 5.88 Å². The number of rotatable bonds is 4. The molecule has 1 aliphatic heterocycles. The Bertz CT molecular complexity index is 891. The van der Waals surface area contributed by atoms with E-state index in [0.29, 0.717) is 11.7 Å². The van der Waals surface area contributed by atoms with Crippen LogP contribution in [0.2, 0.25) is 0 Å². The van der Waals surface area contributed by atoms with Gasteiger partial charge in [0.05, 0.1) is 13.1 Å². The van der Waals surface area contributed by atoms with Gasteiger partial charge in [0.25, 0.3) is 0 Å². The monoisotopic (exact) mass is 371 g/mol. The number of thiazole rings is 1. The van der Waals surface area contributed by atoms with E-state index in [2.05, 4.69) is 48.2 Å². The van der Waals surface area contributed by atoms with Gasteiger partial charge in [-0.3, -0.25) is 0 Å². The number of nitrogens with zero attached hydrogens (tertiary/aromatic N) is 3. The number of hydrogen-bond donors (Lipinski definition) is 2. The molecule has 3 heterocycles. The van der Waals surface area contributed by atoms with Gasteiger partial charge in [-0.15, -0.1) is 5.10 Å². The lowest BCUT2D eigenvalue weighted by Crippen LogP contribution is -3.13. The topological polar surface area (TPSA) is 54.9 Å². The van der Waals surface area contributed by atoms with Crippen molar-refractivity contribution in [3.05, 3.63) is 46.1 Å². The highest BCUT2D eigenvalue weighted by molar-refractivity contribution is 7.17. The van der Waals surface area contributed by atoms with Gasteiger partial charge in [-0.25, -0.2) is 4.98 Å². The summed E-state index contributed by atoms with van der Waals surface area (Å²) in [7, 11) is 0. The molecule has 1 aromatic carbocycles. The van der Waals surface area contributed by atoms with Crippen LogP contribution >= 0.6 is 11.3 Å². The van der Waals surface area contributed by atoms with Crippen molar-refractivity contribution in [2.45, 2.75) is 52.0 Å². The average Bonchev–Trinajstić information content (AvgIpc) is 3.14. The van der Waals surface area contributed by atoms with E-state index in [-0.39, 0.29) is 11.9 Å². The van der Waals surface area contributed by atoms with Crippen molar-refractivity contribution in [2.75, 3.05) is 13.1 Å². The van der Waals surface area contributed by atoms with E-state index < -0.39 is 0 Å². The van der Waals surface area contributed by atoms with Crippen molar-refractivity contribution in [1.82, 2.24) is 14.6 Å². The highest BCUT2D eigenvalue weighted by Crippen LogP contribution is 2.35. The van der Waals surface area contributed by atoms with Crippen molar-refractivity contribution in [2.24, 2.45) is 0 Å². The predicted molar refractivity (Wildman–Crippen MR) is 104 cm³/mol. The smallest absolute Gasteiger partial charge is 0.235 e. The van der Waals surface area contributed by atoms with E-state index in [1.807, 2.05) is 6.92 Å². The molecule has 0 radical (unpaired) electrons. The molecule has 4 rings (SSSR count). The number of hydrogen-bond acceptors (Lipinski definition) is 4. The van der Waals surface area contributed by atoms with Crippen LogP contribution in [0.5, 0.6) is 5.88 Å². The van der Waals surface area contributed by atoms with Crippen molar-refractivity contribution >= 4 is 16.3 Å².